The molecular weight excluding hydrogens is 437 g/mol. The van der Waals surface area contributed by atoms with Crippen molar-refractivity contribution in [1.29, 1.82) is 0 Å². The number of aliphatic hydroxyl groups excluding tert-OH is 1. The van der Waals surface area contributed by atoms with Gasteiger partial charge in [-0.2, -0.15) is 8.62 Å². The molecule has 6 unspecified atom stereocenters. The first-order valence-electron chi connectivity index (χ1n) is 7.04. The van der Waals surface area contributed by atoms with Crippen molar-refractivity contribution in [2.45, 2.75) is 31.8 Å². The predicted molar refractivity (Wildman–Crippen MR) is 86.0 cm³/mol. The number of hydrogen-bond donors (Lipinski definition) is 6. The number of aliphatic imine (C=N–C) groups is 1. The Labute approximate surface area is 152 Å². The highest BCUT2D eigenvalue weighted by atomic mass is 31.3. The van der Waals surface area contributed by atoms with E-state index in [0.717, 1.165) is 0 Å². The minimum absolute atomic E-state index is 0.172. The SMILES string of the molecule is CC1C(N=CCC(N)=O)OC(COP(=O)(O)OP(=O)(O)OP(=O)(O)O)C1O. The number of rotatable bonds is 10. The van der Waals surface area contributed by atoms with Crippen molar-refractivity contribution in [2.24, 2.45) is 16.6 Å². The largest absolute Gasteiger partial charge is 0.490 e. The van der Waals surface area contributed by atoms with Crippen molar-refractivity contribution in [1.82, 2.24) is 0 Å². The Morgan fingerprint density at radius 3 is 2.30 bits per heavy atom. The zero-order valence-electron chi connectivity index (χ0n) is 13.7. The lowest BCUT2D eigenvalue weighted by Gasteiger charge is -2.19. The van der Waals surface area contributed by atoms with Gasteiger partial charge in [0.15, 0.2) is 6.23 Å². The molecule has 1 rings (SSSR count). The number of carbonyl (C=O) groups is 1. The van der Waals surface area contributed by atoms with Crippen LogP contribution in [0.3, 0.4) is 0 Å². The fraction of sp³-hybridized carbons (Fsp3) is 0.778. The second kappa shape index (κ2) is 9.31. The van der Waals surface area contributed by atoms with Crippen LogP contribution >= 0.6 is 23.5 Å². The Morgan fingerprint density at radius 2 is 1.78 bits per heavy atom. The molecule has 1 heterocycles. The number of aliphatic hydroxyl groups is 1. The normalized spacial score (nSPS) is 30.9. The summed E-state index contributed by atoms with van der Waals surface area (Å²) in [6, 6.07) is 0. The Balaban J connectivity index is 2.64. The van der Waals surface area contributed by atoms with Gasteiger partial charge in [0.05, 0.1) is 19.1 Å². The lowest BCUT2D eigenvalue weighted by Crippen LogP contribution is -2.29. The van der Waals surface area contributed by atoms with Crippen molar-refractivity contribution in [3.05, 3.63) is 0 Å². The van der Waals surface area contributed by atoms with Gasteiger partial charge in [-0.15, -0.1) is 0 Å². The number of amides is 1. The lowest BCUT2D eigenvalue weighted by atomic mass is 10.0. The zero-order valence-corrected chi connectivity index (χ0v) is 16.4. The summed E-state index contributed by atoms with van der Waals surface area (Å²) in [7, 11) is -16.5. The summed E-state index contributed by atoms with van der Waals surface area (Å²) in [5, 5.41) is 10.0. The quantitative estimate of drug-likeness (QED) is 0.171. The third kappa shape index (κ3) is 9.01. The van der Waals surface area contributed by atoms with Gasteiger partial charge < -0.3 is 35.2 Å². The second-order valence-electron chi connectivity index (χ2n) is 5.30. The fourth-order valence-electron chi connectivity index (χ4n) is 1.92. The average molecular weight is 456 g/mol. The summed E-state index contributed by atoms with van der Waals surface area (Å²) < 4.78 is 50.1. The van der Waals surface area contributed by atoms with E-state index >= 15 is 0 Å². The van der Waals surface area contributed by atoms with Gasteiger partial charge in [-0.1, -0.05) is 6.92 Å². The van der Waals surface area contributed by atoms with Crippen LogP contribution in [-0.4, -0.2) is 61.8 Å². The first-order chi connectivity index (χ1) is 12.1. The van der Waals surface area contributed by atoms with Crippen molar-refractivity contribution in [3.8, 4) is 0 Å². The molecule has 1 fully saturated rings. The summed E-state index contributed by atoms with van der Waals surface area (Å²) in [6.07, 6.45) is -2.36. The van der Waals surface area contributed by atoms with Gasteiger partial charge in [-0.25, -0.2) is 13.7 Å². The maximum Gasteiger partial charge on any atom is 0.490 e. The molecule has 0 aromatic heterocycles. The second-order valence-corrected chi connectivity index (χ2v) is 9.72. The van der Waals surface area contributed by atoms with Gasteiger partial charge in [0.1, 0.15) is 6.10 Å². The van der Waals surface area contributed by atoms with Crippen LogP contribution in [0.5, 0.6) is 0 Å². The Bertz CT molecular complexity index is 707. The Hall–Kier alpha value is -0.530. The molecule has 0 radical (unpaired) electrons. The molecule has 27 heavy (non-hydrogen) atoms. The van der Waals surface area contributed by atoms with Crippen LogP contribution in [0, 0.1) is 5.92 Å². The van der Waals surface area contributed by atoms with Crippen molar-refractivity contribution < 1.29 is 61.1 Å². The third-order valence-corrected chi connectivity index (χ3v) is 6.85. The molecule has 1 aliphatic heterocycles. The van der Waals surface area contributed by atoms with E-state index in [-0.39, 0.29) is 6.42 Å². The first kappa shape index (κ1) is 24.5. The predicted octanol–water partition coefficient (Wildman–Crippen LogP) is -1.00. The molecular formula is C9H19N2O13P3. The van der Waals surface area contributed by atoms with Crippen molar-refractivity contribution in [2.75, 3.05) is 6.61 Å². The van der Waals surface area contributed by atoms with E-state index in [0.29, 0.717) is 0 Å². The number of phosphoric acid groups is 3. The molecule has 15 nitrogen and oxygen atoms in total. The summed E-state index contributed by atoms with van der Waals surface area (Å²) in [5.41, 5.74) is 4.94. The van der Waals surface area contributed by atoms with Crippen molar-refractivity contribution in [3.63, 3.8) is 0 Å². The topological polar surface area (TPSA) is 245 Å². The minimum atomic E-state index is -5.63. The van der Waals surface area contributed by atoms with Crippen LogP contribution < -0.4 is 5.73 Å². The number of phosphoric ester groups is 1. The highest BCUT2D eigenvalue weighted by molar-refractivity contribution is 7.66. The molecule has 0 spiro atoms. The smallest absolute Gasteiger partial charge is 0.390 e. The maximum absolute atomic E-state index is 11.6. The van der Waals surface area contributed by atoms with Crippen molar-refractivity contribution >= 4 is 35.6 Å². The zero-order chi connectivity index (χ0) is 21.0. The molecule has 0 aromatic rings. The average Bonchev–Trinajstić information content (AvgIpc) is 2.69. The highest BCUT2D eigenvalue weighted by Crippen LogP contribution is 2.66. The van der Waals surface area contributed by atoms with E-state index in [9.17, 15) is 28.5 Å². The number of ether oxygens (including phenoxy) is 1. The maximum atomic E-state index is 11.6. The van der Waals surface area contributed by atoms with Crippen LogP contribution in [0.2, 0.25) is 0 Å². The molecule has 6 atom stereocenters. The molecule has 158 valence electrons. The first-order valence-corrected chi connectivity index (χ1v) is 11.6. The monoisotopic (exact) mass is 456 g/mol. The number of carbonyl (C=O) groups excluding carboxylic acids is 1. The van der Waals surface area contributed by atoms with Crippen LogP contribution in [-0.2, 0) is 36.4 Å². The Kier molecular flexibility index (Phi) is 8.45. The van der Waals surface area contributed by atoms with Crippen LogP contribution in [0.15, 0.2) is 4.99 Å². The fourth-order valence-corrected chi connectivity index (χ4v) is 4.95. The van der Waals surface area contributed by atoms with Gasteiger partial charge in [0, 0.05) is 12.1 Å². The van der Waals surface area contributed by atoms with E-state index in [4.69, 9.17) is 25.2 Å². The highest BCUT2D eigenvalue weighted by Gasteiger charge is 2.44. The van der Waals surface area contributed by atoms with Gasteiger partial charge in [-0.05, 0) is 0 Å². The Morgan fingerprint density at radius 1 is 1.19 bits per heavy atom. The molecule has 0 bridgehead atoms. The van der Waals surface area contributed by atoms with Crippen LogP contribution in [0.4, 0.5) is 0 Å². The molecule has 0 saturated carbocycles. The van der Waals surface area contributed by atoms with Crippen LogP contribution in [0.1, 0.15) is 13.3 Å². The number of nitrogens with zero attached hydrogens (tertiary/aromatic N) is 1. The van der Waals surface area contributed by atoms with E-state index < -0.39 is 60.3 Å². The number of primary amides is 1. The van der Waals surface area contributed by atoms with E-state index in [2.05, 4.69) is 18.1 Å². The summed E-state index contributed by atoms with van der Waals surface area (Å²) in [6.45, 7) is 0.721. The van der Waals surface area contributed by atoms with E-state index in [1.807, 2.05) is 0 Å². The standard InChI is InChI=1S/C9H19N2O13P3/c1-5-8(13)6(22-9(5)11-3-2-7(10)12)4-21-26(17,18)24-27(19,20)23-25(14,15)16/h3,5-6,8-9,13H,2,4H2,1H3,(H2,10,12)(H,17,18)(H,19,20)(H2,14,15,16). The molecule has 1 aliphatic rings. The molecule has 0 aliphatic carbocycles. The molecule has 0 aromatic carbocycles. The molecule has 7 N–H and O–H groups in total. The van der Waals surface area contributed by atoms with Crippen LogP contribution in [0.25, 0.3) is 0 Å². The van der Waals surface area contributed by atoms with E-state index in [1.165, 1.54) is 13.1 Å². The number of nitrogens with two attached hydrogens (primary N) is 1. The molecule has 1 saturated heterocycles. The van der Waals surface area contributed by atoms with Gasteiger partial charge in [0.2, 0.25) is 5.91 Å². The lowest BCUT2D eigenvalue weighted by molar-refractivity contribution is -0.116. The molecule has 1 amide bonds. The summed E-state index contributed by atoms with van der Waals surface area (Å²) in [5.74, 6) is -1.25. The van der Waals surface area contributed by atoms with E-state index in [1.54, 1.807) is 0 Å². The molecule has 18 heteroatoms. The van der Waals surface area contributed by atoms with Gasteiger partial charge in [-0.3, -0.25) is 14.3 Å². The summed E-state index contributed by atoms with van der Waals surface area (Å²) in [4.78, 5) is 49.7. The number of hydrogen-bond acceptors (Lipinski definition) is 10. The van der Waals surface area contributed by atoms with Gasteiger partial charge in [0.25, 0.3) is 0 Å². The third-order valence-electron chi connectivity index (χ3n) is 3.05. The van der Waals surface area contributed by atoms with Gasteiger partial charge >= 0.3 is 23.5 Å². The summed E-state index contributed by atoms with van der Waals surface area (Å²) >= 11 is 0. The minimum Gasteiger partial charge on any atom is -0.390 e.